The van der Waals surface area contributed by atoms with Gasteiger partial charge in [0.1, 0.15) is 0 Å². The van der Waals surface area contributed by atoms with Gasteiger partial charge in [0, 0.05) is 0 Å². The average molecular weight is 194 g/mol. The minimum absolute atomic E-state index is 0. The first-order valence-electron chi connectivity index (χ1n) is 5.43. The smallest absolute Gasteiger partial charge is 0.852 e. The third-order valence-electron chi connectivity index (χ3n) is 2.21. The standard InChI is InChI=1S/C11H23O.Na/c1-3-4-5-6-7-8-9-10-11(2)12;/h11H,3-10H2,1-2H3;/q-1;+1. The maximum absolute atomic E-state index is 10.7. The molecule has 2 heteroatoms. The molecule has 13 heavy (non-hydrogen) atoms. The normalized spacial score (nSPS) is 12.2. The van der Waals surface area contributed by atoms with E-state index in [-0.39, 0.29) is 35.7 Å². The summed E-state index contributed by atoms with van der Waals surface area (Å²) in [5.41, 5.74) is 0. The summed E-state index contributed by atoms with van der Waals surface area (Å²) in [6, 6.07) is 0. The summed E-state index contributed by atoms with van der Waals surface area (Å²) in [5, 5.41) is 10.7. The molecule has 0 aromatic carbocycles. The van der Waals surface area contributed by atoms with Crippen LogP contribution in [0.4, 0.5) is 0 Å². The summed E-state index contributed by atoms with van der Waals surface area (Å²) < 4.78 is 0. The van der Waals surface area contributed by atoms with Crippen LogP contribution >= 0.6 is 0 Å². The topological polar surface area (TPSA) is 23.1 Å². The van der Waals surface area contributed by atoms with E-state index in [4.69, 9.17) is 0 Å². The van der Waals surface area contributed by atoms with Crippen molar-refractivity contribution in [3.63, 3.8) is 0 Å². The van der Waals surface area contributed by atoms with E-state index in [0.29, 0.717) is 0 Å². The molecule has 74 valence electrons. The molecule has 0 aliphatic carbocycles. The second kappa shape index (κ2) is 13.0. The Bertz CT molecular complexity index is 84.2. The minimum Gasteiger partial charge on any atom is -0.852 e. The number of rotatable bonds is 8. The maximum atomic E-state index is 10.7. The van der Waals surface area contributed by atoms with Crippen LogP contribution in [0.2, 0.25) is 0 Å². The average Bonchev–Trinajstić information content (AvgIpc) is 2.02. The minimum atomic E-state index is -0.347. The molecule has 0 N–H and O–H groups in total. The van der Waals surface area contributed by atoms with Crippen LogP contribution in [0.1, 0.15) is 65.2 Å². The Labute approximate surface area is 106 Å². The van der Waals surface area contributed by atoms with Gasteiger partial charge in [0.15, 0.2) is 0 Å². The second-order valence-electron chi connectivity index (χ2n) is 3.72. The third kappa shape index (κ3) is 15.7. The van der Waals surface area contributed by atoms with Crippen LogP contribution < -0.4 is 34.7 Å². The molecule has 0 radical (unpaired) electrons. The first-order chi connectivity index (χ1) is 5.77. The van der Waals surface area contributed by atoms with Gasteiger partial charge in [-0.05, 0) is 0 Å². The molecule has 0 rings (SSSR count). The summed E-state index contributed by atoms with van der Waals surface area (Å²) in [4.78, 5) is 0. The van der Waals surface area contributed by atoms with E-state index in [9.17, 15) is 5.11 Å². The SMILES string of the molecule is CCCCCCCCCC(C)[O-].[Na+]. The van der Waals surface area contributed by atoms with E-state index in [1.54, 1.807) is 6.92 Å². The van der Waals surface area contributed by atoms with Gasteiger partial charge in [0.25, 0.3) is 0 Å². The van der Waals surface area contributed by atoms with E-state index < -0.39 is 0 Å². The number of hydrogen-bond acceptors (Lipinski definition) is 1. The van der Waals surface area contributed by atoms with Gasteiger partial charge in [-0.15, -0.1) is 6.10 Å². The zero-order valence-corrected chi connectivity index (χ0v) is 11.6. The summed E-state index contributed by atoms with van der Waals surface area (Å²) in [7, 11) is 0. The van der Waals surface area contributed by atoms with E-state index in [1.807, 2.05) is 0 Å². The molecule has 0 aliphatic heterocycles. The van der Waals surface area contributed by atoms with E-state index >= 15 is 0 Å². The molecular weight excluding hydrogens is 171 g/mol. The van der Waals surface area contributed by atoms with Crippen LogP contribution in [-0.2, 0) is 0 Å². The van der Waals surface area contributed by atoms with Crippen molar-refractivity contribution >= 4 is 0 Å². The first-order valence-corrected chi connectivity index (χ1v) is 5.43. The first kappa shape index (κ1) is 16.4. The van der Waals surface area contributed by atoms with Gasteiger partial charge in [-0.3, -0.25) is 0 Å². The van der Waals surface area contributed by atoms with Crippen LogP contribution in [0.5, 0.6) is 0 Å². The number of hydrogen-bond donors (Lipinski definition) is 0. The van der Waals surface area contributed by atoms with Crippen molar-refractivity contribution in [2.45, 2.75) is 71.3 Å². The Kier molecular flexibility index (Phi) is 16.3. The largest absolute Gasteiger partial charge is 1.00 e. The summed E-state index contributed by atoms with van der Waals surface area (Å²) in [6.07, 6.45) is 9.67. The number of unbranched alkanes of at least 4 members (excludes halogenated alkanes) is 6. The molecule has 1 atom stereocenters. The Hall–Kier alpha value is 0.960. The maximum Gasteiger partial charge on any atom is 1.00 e. The molecule has 1 unspecified atom stereocenters. The molecule has 0 aliphatic rings. The molecule has 0 saturated heterocycles. The van der Waals surface area contributed by atoms with E-state index in [2.05, 4.69) is 6.92 Å². The van der Waals surface area contributed by atoms with Crippen LogP contribution in [0.25, 0.3) is 0 Å². The Morgan fingerprint density at radius 3 is 1.85 bits per heavy atom. The monoisotopic (exact) mass is 194 g/mol. The zero-order valence-electron chi connectivity index (χ0n) is 9.64. The Morgan fingerprint density at radius 2 is 1.38 bits per heavy atom. The fraction of sp³-hybridized carbons (Fsp3) is 1.00. The van der Waals surface area contributed by atoms with Crippen LogP contribution in [0.15, 0.2) is 0 Å². The molecular formula is C11H23NaO. The predicted octanol–water partition coefficient (Wildman–Crippen LogP) is -0.120. The van der Waals surface area contributed by atoms with Crippen molar-refractivity contribution in [3.8, 4) is 0 Å². The zero-order chi connectivity index (χ0) is 9.23. The van der Waals surface area contributed by atoms with Crippen LogP contribution in [0.3, 0.4) is 0 Å². The van der Waals surface area contributed by atoms with Crippen molar-refractivity contribution < 1.29 is 34.7 Å². The molecule has 0 aromatic rings. The molecule has 1 nitrogen and oxygen atoms in total. The summed E-state index contributed by atoms with van der Waals surface area (Å²) in [6.45, 7) is 4.00. The van der Waals surface area contributed by atoms with Crippen LogP contribution in [-0.4, -0.2) is 6.10 Å². The summed E-state index contributed by atoms with van der Waals surface area (Å²) in [5.74, 6) is 0. The Balaban J connectivity index is 0. The van der Waals surface area contributed by atoms with Gasteiger partial charge in [0.05, 0.1) is 0 Å². The van der Waals surface area contributed by atoms with Gasteiger partial charge < -0.3 is 5.11 Å². The summed E-state index contributed by atoms with van der Waals surface area (Å²) >= 11 is 0. The van der Waals surface area contributed by atoms with Crippen molar-refractivity contribution in [2.75, 3.05) is 0 Å². The van der Waals surface area contributed by atoms with Crippen molar-refractivity contribution in [2.24, 2.45) is 0 Å². The quantitative estimate of drug-likeness (QED) is 0.390. The molecule has 0 fully saturated rings. The fourth-order valence-corrected chi connectivity index (χ4v) is 1.39. The predicted molar refractivity (Wildman–Crippen MR) is 52.1 cm³/mol. The third-order valence-corrected chi connectivity index (χ3v) is 2.21. The second-order valence-corrected chi connectivity index (χ2v) is 3.72. The molecule has 0 aromatic heterocycles. The molecule has 0 amide bonds. The molecule has 0 spiro atoms. The van der Waals surface area contributed by atoms with Gasteiger partial charge >= 0.3 is 29.6 Å². The van der Waals surface area contributed by atoms with Gasteiger partial charge in [0.2, 0.25) is 0 Å². The van der Waals surface area contributed by atoms with Gasteiger partial charge in [-0.25, -0.2) is 0 Å². The molecule has 0 bridgehead atoms. The van der Waals surface area contributed by atoms with E-state index in [0.717, 1.165) is 12.8 Å². The fourth-order valence-electron chi connectivity index (χ4n) is 1.39. The van der Waals surface area contributed by atoms with Gasteiger partial charge in [-0.2, -0.15) is 0 Å². The van der Waals surface area contributed by atoms with Crippen molar-refractivity contribution in [1.82, 2.24) is 0 Å². The van der Waals surface area contributed by atoms with Gasteiger partial charge in [-0.1, -0.05) is 65.2 Å². The molecule has 0 heterocycles. The van der Waals surface area contributed by atoms with E-state index in [1.165, 1.54) is 38.5 Å². The van der Waals surface area contributed by atoms with Crippen molar-refractivity contribution in [3.05, 3.63) is 0 Å². The Morgan fingerprint density at radius 1 is 0.923 bits per heavy atom. The van der Waals surface area contributed by atoms with Crippen molar-refractivity contribution in [1.29, 1.82) is 0 Å². The molecule has 0 saturated carbocycles. The van der Waals surface area contributed by atoms with Crippen LogP contribution in [0, 0.1) is 0 Å².